The third-order valence-electron chi connectivity index (χ3n) is 2.70. The standard InChI is InChI=1S/C14H15N3O2S/c1-15-13(19)14-17-11(9-20-14)12(18)16-8-7-10-5-3-2-4-6-10/h2-6,9H,7-8H2,1H3,(H,15,19)(H,16,18). The van der Waals surface area contributed by atoms with E-state index in [0.717, 1.165) is 23.3 Å². The molecule has 0 atom stereocenters. The first-order valence-corrected chi connectivity index (χ1v) is 7.08. The van der Waals surface area contributed by atoms with E-state index in [2.05, 4.69) is 15.6 Å². The molecule has 2 aromatic rings. The van der Waals surface area contributed by atoms with Gasteiger partial charge in [0.25, 0.3) is 11.8 Å². The van der Waals surface area contributed by atoms with Gasteiger partial charge >= 0.3 is 0 Å². The highest BCUT2D eigenvalue weighted by Gasteiger charge is 2.13. The van der Waals surface area contributed by atoms with Gasteiger partial charge < -0.3 is 10.6 Å². The van der Waals surface area contributed by atoms with Crippen molar-refractivity contribution in [3.63, 3.8) is 0 Å². The van der Waals surface area contributed by atoms with E-state index < -0.39 is 0 Å². The first-order valence-electron chi connectivity index (χ1n) is 6.20. The van der Waals surface area contributed by atoms with E-state index in [1.807, 2.05) is 30.3 Å². The fourth-order valence-electron chi connectivity index (χ4n) is 1.64. The van der Waals surface area contributed by atoms with Crippen LogP contribution in [0.2, 0.25) is 0 Å². The normalized spacial score (nSPS) is 10.1. The van der Waals surface area contributed by atoms with Crippen LogP contribution < -0.4 is 10.6 Å². The van der Waals surface area contributed by atoms with Crippen molar-refractivity contribution in [1.82, 2.24) is 15.6 Å². The lowest BCUT2D eigenvalue weighted by molar-refractivity contribution is 0.0949. The summed E-state index contributed by atoms with van der Waals surface area (Å²) in [7, 11) is 1.53. The largest absolute Gasteiger partial charge is 0.353 e. The van der Waals surface area contributed by atoms with Crippen LogP contribution in [0.3, 0.4) is 0 Å². The van der Waals surface area contributed by atoms with E-state index in [0.29, 0.717) is 11.6 Å². The van der Waals surface area contributed by atoms with E-state index >= 15 is 0 Å². The summed E-state index contributed by atoms with van der Waals surface area (Å²) in [5, 5.41) is 7.14. The van der Waals surface area contributed by atoms with Crippen LogP contribution in [0.1, 0.15) is 25.9 Å². The molecule has 1 aromatic carbocycles. The molecule has 20 heavy (non-hydrogen) atoms. The van der Waals surface area contributed by atoms with Gasteiger partial charge in [0.05, 0.1) is 0 Å². The summed E-state index contributed by atoms with van der Waals surface area (Å²) in [4.78, 5) is 27.2. The van der Waals surface area contributed by atoms with Gasteiger partial charge in [0.15, 0.2) is 5.01 Å². The Bertz CT molecular complexity index is 595. The third-order valence-corrected chi connectivity index (χ3v) is 3.54. The van der Waals surface area contributed by atoms with Gasteiger partial charge in [-0.1, -0.05) is 30.3 Å². The van der Waals surface area contributed by atoms with E-state index in [4.69, 9.17) is 0 Å². The molecule has 0 saturated carbocycles. The minimum atomic E-state index is -0.279. The van der Waals surface area contributed by atoms with Gasteiger partial charge in [0, 0.05) is 19.0 Å². The van der Waals surface area contributed by atoms with Crippen molar-refractivity contribution in [3.05, 3.63) is 52.0 Å². The average molecular weight is 289 g/mol. The molecule has 104 valence electrons. The molecule has 6 heteroatoms. The van der Waals surface area contributed by atoms with Crippen LogP contribution in [-0.4, -0.2) is 30.4 Å². The van der Waals surface area contributed by atoms with Gasteiger partial charge in [-0.05, 0) is 12.0 Å². The molecule has 0 spiro atoms. The molecule has 0 aliphatic heterocycles. The molecule has 0 saturated heterocycles. The molecule has 2 N–H and O–H groups in total. The summed E-state index contributed by atoms with van der Waals surface area (Å²) >= 11 is 1.16. The van der Waals surface area contributed by atoms with Crippen molar-refractivity contribution in [3.8, 4) is 0 Å². The fourth-order valence-corrected chi connectivity index (χ4v) is 2.39. The van der Waals surface area contributed by atoms with Crippen LogP contribution in [0.4, 0.5) is 0 Å². The number of carbonyl (C=O) groups excluding carboxylic acids is 2. The molecular weight excluding hydrogens is 274 g/mol. The quantitative estimate of drug-likeness (QED) is 0.875. The monoisotopic (exact) mass is 289 g/mol. The maximum absolute atomic E-state index is 11.9. The van der Waals surface area contributed by atoms with E-state index in [9.17, 15) is 9.59 Å². The van der Waals surface area contributed by atoms with Crippen molar-refractivity contribution in [2.75, 3.05) is 13.6 Å². The minimum absolute atomic E-state index is 0.257. The lowest BCUT2D eigenvalue weighted by Gasteiger charge is -2.03. The molecular formula is C14H15N3O2S. The van der Waals surface area contributed by atoms with Crippen LogP contribution in [0.5, 0.6) is 0 Å². The molecule has 0 aliphatic carbocycles. The summed E-state index contributed by atoms with van der Waals surface area (Å²) in [6.45, 7) is 0.537. The van der Waals surface area contributed by atoms with Gasteiger partial charge in [-0.3, -0.25) is 9.59 Å². The number of hydrogen-bond donors (Lipinski definition) is 2. The number of nitrogens with one attached hydrogen (secondary N) is 2. The SMILES string of the molecule is CNC(=O)c1nc(C(=O)NCCc2ccccc2)cs1. The lowest BCUT2D eigenvalue weighted by Crippen LogP contribution is -2.26. The highest BCUT2D eigenvalue weighted by molar-refractivity contribution is 7.11. The second-order valence-electron chi connectivity index (χ2n) is 4.11. The zero-order valence-electron chi connectivity index (χ0n) is 11.1. The number of nitrogens with zero attached hydrogens (tertiary/aromatic N) is 1. The Balaban J connectivity index is 1.86. The predicted molar refractivity (Wildman–Crippen MR) is 78.0 cm³/mol. The molecule has 1 heterocycles. The summed E-state index contributed by atoms with van der Waals surface area (Å²) in [5.41, 5.74) is 1.44. The summed E-state index contributed by atoms with van der Waals surface area (Å²) < 4.78 is 0. The Hall–Kier alpha value is -2.21. The summed E-state index contributed by atoms with van der Waals surface area (Å²) in [6, 6.07) is 9.91. The van der Waals surface area contributed by atoms with Gasteiger partial charge in [-0.25, -0.2) is 4.98 Å². The van der Waals surface area contributed by atoms with Crippen LogP contribution in [0, 0.1) is 0 Å². The van der Waals surface area contributed by atoms with Gasteiger partial charge in [0.1, 0.15) is 5.69 Å². The van der Waals surface area contributed by atoms with Gasteiger partial charge in [-0.2, -0.15) is 0 Å². The van der Waals surface area contributed by atoms with E-state index in [1.54, 1.807) is 5.38 Å². The van der Waals surface area contributed by atoms with Crippen molar-refractivity contribution in [2.45, 2.75) is 6.42 Å². The number of benzene rings is 1. The molecule has 0 radical (unpaired) electrons. The Kier molecular flexibility index (Phi) is 4.84. The number of amides is 2. The topological polar surface area (TPSA) is 71.1 Å². The highest BCUT2D eigenvalue weighted by Crippen LogP contribution is 2.09. The Morgan fingerprint density at radius 3 is 2.65 bits per heavy atom. The van der Waals surface area contributed by atoms with E-state index in [1.165, 1.54) is 7.05 Å². The second-order valence-corrected chi connectivity index (χ2v) is 4.97. The molecule has 5 nitrogen and oxygen atoms in total. The lowest BCUT2D eigenvalue weighted by atomic mass is 10.1. The molecule has 0 bridgehead atoms. The minimum Gasteiger partial charge on any atom is -0.353 e. The van der Waals surface area contributed by atoms with Crippen molar-refractivity contribution >= 4 is 23.2 Å². The molecule has 1 aromatic heterocycles. The van der Waals surface area contributed by atoms with Gasteiger partial charge in [-0.15, -0.1) is 11.3 Å². The first-order chi connectivity index (χ1) is 9.70. The Morgan fingerprint density at radius 2 is 1.95 bits per heavy atom. The second kappa shape index (κ2) is 6.81. The van der Waals surface area contributed by atoms with Crippen LogP contribution in [-0.2, 0) is 6.42 Å². The third kappa shape index (κ3) is 3.64. The molecule has 0 unspecified atom stereocenters. The molecule has 2 rings (SSSR count). The highest BCUT2D eigenvalue weighted by atomic mass is 32.1. The molecule has 0 aliphatic rings. The number of hydrogen-bond acceptors (Lipinski definition) is 4. The van der Waals surface area contributed by atoms with Crippen molar-refractivity contribution in [2.24, 2.45) is 0 Å². The zero-order chi connectivity index (χ0) is 14.4. The predicted octanol–water partition coefficient (Wildman–Crippen LogP) is 1.48. The maximum atomic E-state index is 11.9. The maximum Gasteiger partial charge on any atom is 0.280 e. The van der Waals surface area contributed by atoms with Crippen LogP contribution >= 0.6 is 11.3 Å². The van der Waals surface area contributed by atoms with Crippen LogP contribution in [0.15, 0.2) is 35.7 Å². The summed E-state index contributed by atoms with van der Waals surface area (Å²) in [6.07, 6.45) is 0.763. The summed E-state index contributed by atoms with van der Waals surface area (Å²) in [5.74, 6) is -0.536. The Labute approximate surface area is 121 Å². The van der Waals surface area contributed by atoms with Gasteiger partial charge in [0.2, 0.25) is 0 Å². The average Bonchev–Trinajstić information content (AvgIpc) is 2.97. The number of aromatic nitrogens is 1. The van der Waals surface area contributed by atoms with Crippen LogP contribution in [0.25, 0.3) is 0 Å². The molecule has 0 fully saturated rings. The molecule has 2 amide bonds. The number of thiazole rings is 1. The first kappa shape index (κ1) is 14.2. The Morgan fingerprint density at radius 1 is 1.20 bits per heavy atom. The smallest absolute Gasteiger partial charge is 0.280 e. The number of carbonyl (C=O) groups is 2. The van der Waals surface area contributed by atoms with Crippen molar-refractivity contribution < 1.29 is 9.59 Å². The fraction of sp³-hybridized carbons (Fsp3) is 0.214. The van der Waals surface area contributed by atoms with Crippen molar-refractivity contribution in [1.29, 1.82) is 0 Å². The number of rotatable bonds is 5. The zero-order valence-corrected chi connectivity index (χ0v) is 11.9. The van der Waals surface area contributed by atoms with E-state index in [-0.39, 0.29) is 17.5 Å².